The number of carbonyl (C=O) groups excluding carboxylic acids is 1. The number of aliphatic carboxylic acids is 1. The van der Waals surface area contributed by atoms with Crippen molar-refractivity contribution in [2.75, 3.05) is 0 Å². The van der Waals surface area contributed by atoms with Gasteiger partial charge in [0.15, 0.2) is 6.04 Å². The highest BCUT2D eigenvalue weighted by molar-refractivity contribution is 5.80. The zero-order valence-corrected chi connectivity index (χ0v) is 12.7. The average molecular weight is 275 g/mol. The van der Waals surface area contributed by atoms with Gasteiger partial charge < -0.3 is 19.9 Å². The van der Waals surface area contributed by atoms with Gasteiger partial charge in [0.2, 0.25) is 0 Å². The van der Waals surface area contributed by atoms with Gasteiger partial charge in [0.1, 0.15) is 5.60 Å². The molecule has 0 heterocycles. The van der Waals surface area contributed by atoms with Crippen molar-refractivity contribution >= 4 is 12.1 Å². The van der Waals surface area contributed by atoms with Crippen molar-refractivity contribution in [3.05, 3.63) is 0 Å². The van der Waals surface area contributed by atoms with Crippen LogP contribution >= 0.6 is 0 Å². The summed E-state index contributed by atoms with van der Waals surface area (Å²) in [6.45, 7) is 12.2. The van der Waals surface area contributed by atoms with Crippen LogP contribution in [0.4, 0.5) is 4.79 Å². The van der Waals surface area contributed by atoms with Crippen LogP contribution in [0.3, 0.4) is 0 Å². The summed E-state index contributed by atoms with van der Waals surface area (Å²) in [6.07, 6.45) is -1.45. The van der Waals surface area contributed by atoms with Gasteiger partial charge in [0.25, 0.3) is 0 Å². The number of carboxylic acids is 1. The second kappa shape index (κ2) is 6.23. The first-order valence-electron chi connectivity index (χ1n) is 6.22. The van der Waals surface area contributed by atoms with Crippen molar-refractivity contribution in [1.82, 2.24) is 5.32 Å². The molecule has 0 unspecified atom stereocenters. The molecule has 6 nitrogen and oxygen atoms in total. The smallest absolute Gasteiger partial charge is 0.408 e. The Kier molecular flexibility index (Phi) is 5.81. The quantitative estimate of drug-likeness (QED) is 0.821. The van der Waals surface area contributed by atoms with E-state index in [-0.39, 0.29) is 0 Å². The van der Waals surface area contributed by atoms with E-state index in [0.29, 0.717) is 0 Å². The molecule has 0 aliphatic heterocycles. The van der Waals surface area contributed by atoms with Crippen molar-refractivity contribution < 1.29 is 24.2 Å². The molecular formula is C13H25NO5. The van der Waals surface area contributed by atoms with E-state index in [1.165, 1.54) is 0 Å². The molecule has 0 bridgehead atoms. The Morgan fingerprint density at radius 1 is 1.05 bits per heavy atom. The van der Waals surface area contributed by atoms with Crippen LogP contribution in [0.5, 0.6) is 0 Å². The Labute approximate surface area is 114 Å². The lowest BCUT2D eigenvalue weighted by molar-refractivity contribution is -0.147. The van der Waals surface area contributed by atoms with E-state index < -0.39 is 35.4 Å². The molecule has 0 aromatic carbocycles. The van der Waals surface area contributed by atoms with E-state index in [1.807, 2.05) is 20.8 Å². The summed E-state index contributed by atoms with van der Waals surface area (Å²) in [4.78, 5) is 22.8. The Bertz CT molecular complexity index is 327. The number of amides is 1. The molecule has 2 N–H and O–H groups in total. The van der Waals surface area contributed by atoms with Crippen LogP contribution in [0.15, 0.2) is 0 Å². The predicted octanol–water partition coefficient (Wildman–Crippen LogP) is 2.17. The molecule has 1 amide bonds. The van der Waals surface area contributed by atoms with Crippen LogP contribution in [0.2, 0.25) is 0 Å². The number of hydrogen-bond donors (Lipinski definition) is 2. The predicted molar refractivity (Wildman–Crippen MR) is 71.1 cm³/mol. The van der Waals surface area contributed by atoms with Crippen LogP contribution in [0, 0.1) is 0 Å². The third-order valence-corrected chi connectivity index (χ3v) is 1.95. The number of carboxylic acid groups (broad SMARTS) is 1. The van der Waals surface area contributed by atoms with Crippen molar-refractivity contribution in [1.29, 1.82) is 0 Å². The maximum Gasteiger partial charge on any atom is 0.408 e. The fraction of sp³-hybridized carbons (Fsp3) is 0.846. The SMILES string of the molecule is C[C@H](OC(C)(C)C)[C@@H](NC(=O)OC(C)(C)C)C(=O)O. The highest BCUT2D eigenvalue weighted by Gasteiger charge is 2.31. The molecule has 2 atom stereocenters. The average Bonchev–Trinajstić information content (AvgIpc) is 2.07. The zero-order valence-electron chi connectivity index (χ0n) is 12.7. The molecule has 0 fully saturated rings. The first kappa shape index (κ1) is 17.7. The first-order chi connectivity index (χ1) is 8.32. The number of ether oxygens (including phenoxy) is 2. The van der Waals surface area contributed by atoms with Crippen molar-refractivity contribution in [2.24, 2.45) is 0 Å². The molecule has 0 spiro atoms. The molecule has 0 aromatic rings. The summed E-state index contributed by atoms with van der Waals surface area (Å²) in [7, 11) is 0. The number of hydrogen-bond acceptors (Lipinski definition) is 4. The second-order valence-corrected chi connectivity index (χ2v) is 6.40. The minimum absolute atomic E-state index is 0.497. The van der Waals surface area contributed by atoms with Gasteiger partial charge in [-0.2, -0.15) is 0 Å². The molecule has 112 valence electrons. The van der Waals surface area contributed by atoms with Crippen LogP contribution in [-0.4, -0.2) is 40.5 Å². The maximum absolute atomic E-state index is 11.6. The van der Waals surface area contributed by atoms with Gasteiger partial charge in [-0.1, -0.05) is 0 Å². The van der Waals surface area contributed by atoms with Crippen LogP contribution in [-0.2, 0) is 14.3 Å². The highest BCUT2D eigenvalue weighted by Crippen LogP contribution is 2.14. The summed E-state index contributed by atoms with van der Waals surface area (Å²) in [5.74, 6) is -1.16. The lowest BCUT2D eigenvalue weighted by Crippen LogP contribution is -2.51. The normalized spacial score (nSPS) is 15.5. The van der Waals surface area contributed by atoms with Gasteiger partial charge in [0, 0.05) is 0 Å². The molecule has 0 aliphatic carbocycles. The second-order valence-electron chi connectivity index (χ2n) is 6.40. The maximum atomic E-state index is 11.6. The van der Waals surface area contributed by atoms with Gasteiger partial charge in [-0.25, -0.2) is 9.59 Å². The number of rotatable bonds is 4. The zero-order chi connectivity index (χ0) is 15.4. The number of alkyl carbamates (subject to hydrolysis) is 1. The fourth-order valence-electron chi connectivity index (χ4n) is 1.44. The summed E-state index contributed by atoms with van der Waals surface area (Å²) in [5, 5.41) is 11.4. The molecule has 0 radical (unpaired) electrons. The minimum Gasteiger partial charge on any atom is -0.480 e. The Morgan fingerprint density at radius 3 is 1.84 bits per heavy atom. The van der Waals surface area contributed by atoms with Crippen LogP contribution < -0.4 is 5.32 Å². The molecule has 0 aliphatic rings. The van der Waals surface area contributed by atoms with Crippen molar-refractivity contribution in [2.45, 2.75) is 71.8 Å². The van der Waals surface area contributed by atoms with Crippen molar-refractivity contribution in [3.8, 4) is 0 Å². The van der Waals surface area contributed by atoms with E-state index in [9.17, 15) is 9.59 Å². The monoisotopic (exact) mass is 275 g/mol. The number of carbonyl (C=O) groups is 2. The Morgan fingerprint density at radius 2 is 1.53 bits per heavy atom. The molecule has 0 rings (SSSR count). The topological polar surface area (TPSA) is 84.9 Å². The molecule has 19 heavy (non-hydrogen) atoms. The Balaban J connectivity index is 4.67. The molecule has 0 saturated carbocycles. The Hall–Kier alpha value is -1.30. The third-order valence-electron chi connectivity index (χ3n) is 1.95. The van der Waals surface area contributed by atoms with Gasteiger partial charge in [0.05, 0.1) is 11.7 Å². The minimum atomic E-state index is -1.16. The lowest BCUT2D eigenvalue weighted by Gasteiger charge is -2.30. The fourth-order valence-corrected chi connectivity index (χ4v) is 1.44. The van der Waals surface area contributed by atoms with Gasteiger partial charge >= 0.3 is 12.1 Å². The van der Waals surface area contributed by atoms with E-state index in [0.717, 1.165) is 0 Å². The highest BCUT2D eigenvalue weighted by atomic mass is 16.6. The largest absolute Gasteiger partial charge is 0.480 e. The summed E-state index contributed by atoms with van der Waals surface area (Å²) >= 11 is 0. The molecular weight excluding hydrogens is 250 g/mol. The van der Waals surface area contributed by atoms with E-state index in [4.69, 9.17) is 14.6 Å². The third kappa shape index (κ3) is 8.42. The lowest BCUT2D eigenvalue weighted by atomic mass is 10.1. The van der Waals surface area contributed by atoms with Gasteiger partial charge in [-0.3, -0.25) is 0 Å². The van der Waals surface area contributed by atoms with Gasteiger partial charge in [-0.15, -0.1) is 0 Å². The summed E-state index contributed by atoms with van der Waals surface area (Å²) in [5.41, 5.74) is -1.18. The van der Waals surface area contributed by atoms with Crippen molar-refractivity contribution in [3.63, 3.8) is 0 Å². The molecule has 6 heteroatoms. The van der Waals surface area contributed by atoms with Crippen LogP contribution in [0.1, 0.15) is 48.5 Å². The number of nitrogens with one attached hydrogen (secondary N) is 1. The molecule has 0 saturated heterocycles. The van der Waals surface area contributed by atoms with E-state index >= 15 is 0 Å². The summed E-state index contributed by atoms with van der Waals surface area (Å²) < 4.78 is 10.6. The van der Waals surface area contributed by atoms with E-state index in [1.54, 1.807) is 27.7 Å². The van der Waals surface area contributed by atoms with E-state index in [2.05, 4.69) is 5.32 Å². The van der Waals surface area contributed by atoms with Gasteiger partial charge in [-0.05, 0) is 48.5 Å². The van der Waals surface area contributed by atoms with Crippen LogP contribution in [0.25, 0.3) is 0 Å². The molecule has 0 aromatic heterocycles. The summed E-state index contributed by atoms with van der Waals surface area (Å²) in [6, 6.07) is -1.16. The first-order valence-corrected chi connectivity index (χ1v) is 6.22. The standard InChI is InChI=1S/C13H25NO5/c1-8(18-12(2,3)4)9(10(15)16)14-11(17)19-13(5,6)7/h8-9H,1-7H3,(H,14,17)(H,15,16)/t8-,9+/m0/s1.